The molecule has 10 nitrogen and oxygen atoms in total. The SMILES string of the molecule is C[C@@]12CCC[C@@](C)(N1)[C@@H](F)[C@@H](N(c1cnc(-c3ccc(-c4cnc5c(n4)OCCO5)cc3O)nn1)C1CC1)C2. The highest BCUT2D eigenvalue weighted by Crippen LogP contribution is 2.46. The van der Waals surface area contributed by atoms with E-state index >= 15 is 4.39 Å². The van der Waals surface area contributed by atoms with E-state index in [0.717, 1.165) is 32.1 Å². The van der Waals surface area contributed by atoms with Gasteiger partial charge < -0.3 is 24.8 Å². The zero-order valence-electron chi connectivity index (χ0n) is 22.1. The van der Waals surface area contributed by atoms with Gasteiger partial charge in [0, 0.05) is 22.7 Å². The van der Waals surface area contributed by atoms with Crippen molar-refractivity contribution in [2.45, 2.75) is 81.7 Å². The summed E-state index contributed by atoms with van der Waals surface area (Å²) >= 11 is 0. The van der Waals surface area contributed by atoms with E-state index in [2.05, 4.69) is 42.3 Å². The molecule has 4 aliphatic rings. The third-order valence-corrected chi connectivity index (χ3v) is 8.53. The molecule has 2 aromatic heterocycles. The fourth-order valence-electron chi connectivity index (χ4n) is 6.59. The van der Waals surface area contributed by atoms with Gasteiger partial charge in [0.25, 0.3) is 11.8 Å². The first-order valence-corrected chi connectivity index (χ1v) is 13.7. The third-order valence-electron chi connectivity index (χ3n) is 8.53. The number of halogens is 1. The van der Waals surface area contributed by atoms with E-state index in [9.17, 15) is 5.11 Å². The standard InChI is InChI=1S/C28H32FN7O3/c1-27-8-3-9-28(2,35-27)23(29)20(13-27)36(17-5-6-17)22-15-30-24(34-33-22)18-7-4-16(12-21(18)37)19-14-31-25-26(32-19)39-11-10-38-25/h4,7,12,14-15,17,20,23,35,37H,3,5-6,8-11,13H2,1-2H3/t20-,23-,27-,28+/m0/s1. The lowest BCUT2D eigenvalue weighted by molar-refractivity contribution is 0.000258. The molecule has 1 aliphatic carbocycles. The number of nitrogens with zero attached hydrogens (tertiary/aromatic N) is 6. The van der Waals surface area contributed by atoms with Gasteiger partial charge in [-0.25, -0.2) is 19.3 Å². The van der Waals surface area contributed by atoms with Gasteiger partial charge in [0.1, 0.15) is 25.1 Å². The Morgan fingerprint density at radius 2 is 1.87 bits per heavy atom. The lowest BCUT2D eigenvalue weighted by Gasteiger charge is -2.57. The predicted molar refractivity (Wildman–Crippen MR) is 142 cm³/mol. The Kier molecular flexibility index (Phi) is 5.62. The van der Waals surface area contributed by atoms with Gasteiger partial charge in [0.05, 0.1) is 29.7 Å². The molecule has 1 aromatic carbocycles. The van der Waals surface area contributed by atoms with Crippen LogP contribution >= 0.6 is 0 Å². The number of alkyl halides is 1. The number of aromatic hydroxyl groups is 1. The second-order valence-corrected chi connectivity index (χ2v) is 11.7. The van der Waals surface area contributed by atoms with Crippen LogP contribution in [-0.4, -0.2) is 72.8 Å². The van der Waals surface area contributed by atoms with Crippen molar-refractivity contribution in [3.05, 3.63) is 30.6 Å². The molecule has 204 valence electrons. The van der Waals surface area contributed by atoms with Crippen LogP contribution in [0.4, 0.5) is 10.2 Å². The molecular formula is C28H32FN7O3. The maximum Gasteiger partial charge on any atom is 0.278 e. The summed E-state index contributed by atoms with van der Waals surface area (Å²) in [5.74, 6) is 1.57. The summed E-state index contributed by atoms with van der Waals surface area (Å²) in [7, 11) is 0. The average molecular weight is 534 g/mol. The number of phenols is 1. The van der Waals surface area contributed by atoms with Crippen LogP contribution in [0.2, 0.25) is 0 Å². The lowest BCUT2D eigenvalue weighted by Crippen LogP contribution is -2.73. The van der Waals surface area contributed by atoms with Crippen LogP contribution in [0.15, 0.2) is 30.6 Å². The maximum atomic E-state index is 16.0. The predicted octanol–water partition coefficient (Wildman–Crippen LogP) is 3.84. The molecule has 3 aromatic rings. The molecule has 2 bridgehead atoms. The van der Waals surface area contributed by atoms with E-state index in [1.165, 1.54) is 0 Å². The molecule has 1 saturated carbocycles. The average Bonchev–Trinajstić information content (AvgIpc) is 3.77. The summed E-state index contributed by atoms with van der Waals surface area (Å²) < 4.78 is 27.0. The Balaban J connectivity index is 1.15. The summed E-state index contributed by atoms with van der Waals surface area (Å²) in [5, 5.41) is 23.3. The van der Waals surface area contributed by atoms with Gasteiger partial charge in [-0.1, -0.05) is 6.07 Å². The number of anilines is 1. The van der Waals surface area contributed by atoms with Crippen LogP contribution in [-0.2, 0) is 0 Å². The quantitative estimate of drug-likeness (QED) is 0.501. The van der Waals surface area contributed by atoms with Gasteiger partial charge in [0.2, 0.25) is 0 Å². The van der Waals surface area contributed by atoms with E-state index < -0.39 is 11.7 Å². The first-order valence-electron chi connectivity index (χ1n) is 13.7. The zero-order chi connectivity index (χ0) is 26.8. The molecule has 0 spiro atoms. The van der Waals surface area contributed by atoms with E-state index in [4.69, 9.17) is 9.47 Å². The van der Waals surface area contributed by atoms with Crippen LogP contribution in [0, 0.1) is 0 Å². The Morgan fingerprint density at radius 3 is 2.62 bits per heavy atom. The molecule has 2 saturated heterocycles. The van der Waals surface area contributed by atoms with Gasteiger partial charge in [-0.3, -0.25) is 0 Å². The van der Waals surface area contributed by atoms with Gasteiger partial charge >= 0.3 is 0 Å². The number of piperidine rings is 2. The number of fused-ring (bicyclic) bond motifs is 3. The number of benzene rings is 1. The molecule has 7 rings (SSSR count). The van der Waals surface area contributed by atoms with Crippen molar-refractivity contribution in [1.82, 2.24) is 30.5 Å². The molecule has 0 amide bonds. The molecular weight excluding hydrogens is 501 g/mol. The molecule has 3 aliphatic heterocycles. The summed E-state index contributed by atoms with van der Waals surface area (Å²) in [6.07, 6.45) is 7.87. The number of hydrogen-bond acceptors (Lipinski definition) is 10. The van der Waals surface area contributed by atoms with Crippen molar-refractivity contribution in [3.63, 3.8) is 0 Å². The normalized spacial score (nSPS) is 29.6. The van der Waals surface area contributed by atoms with E-state index in [-0.39, 0.29) is 23.4 Å². The number of aromatic nitrogens is 5. The van der Waals surface area contributed by atoms with Crippen LogP contribution in [0.5, 0.6) is 17.5 Å². The lowest BCUT2D eigenvalue weighted by atomic mass is 9.68. The minimum absolute atomic E-state index is 0.00589. The summed E-state index contributed by atoms with van der Waals surface area (Å²) in [4.78, 5) is 15.4. The zero-order valence-corrected chi connectivity index (χ0v) is 22.1. The smallest absolute Gasteiger partial charge is 0.278 e. The van der Waals surface area contributed by atoms with Crippen molar-refractivity contribution in [2.24, 2.45) is 0 Å². The molecule has 4 atom stereocenters. The number of rotatable bonds is 5. The highest BCUT2D eigenvalue weighted by molar-refractivity contribution is 5.71. The summed E-state index contributed by atoms with van der Waals surface area (Å²) in [6.45, 7) is 5.08. The first-order chi connectivity index (χ1) is 18.8. The van der Waals surface area contributed by atoms with Crippen LogP contribution in [0.3, 0.4) is 0 Å². The third kappa shape index (κ3) is 4.32. The van der Waals surface area contributed by atoms with Crippen LogP contribution < -0.4 is 19.7 Å². The largest absolute Gasteiger partial charge is 0.507 e. The topological polar surface area (TPSA) is 118 Å². The first kappa shape index (κ1) is 24.4. The van der Waals surface area contributed by atoms with Crippen LogP contribution in [0.25, 0.3) is 22.6 Å². The van der Waals surface area contributed by atoms with Crippen molar-refractivity contribution < 1.29 is 19.0 Å². The van der Waals surface area contributed by atoms with E-state index in [0.29, 0.717) is 59.9 Å². The highest BCUT2D eigenvalue weighted by Gasteiger charge is 2.55. The number of phenolic OH excluding ortho intramolecular Hbond substituents is 1. The number of nitrogens with one attached hydrogen (secondary N) is 1. The second-order valence-electron chi connectivity index (χ2n) is 11.7. The highest BCUT2D eigenvalue weighted by atomic mass is 19.1. The van der Waals surface area contributed by atoms with Crippen molar-refractivity contribution in [1.29, 1.82) is 0 Å². The van der Waals surface area contributed by atoms with Gasteiger partial charge in [-0.05, 0) is 64.5 Å². The van der Waals surface area contributed by atoms with E-state index in [1.54, 1.807) is 24.5 Å². The summed E-state index contributed by atoms with van der Waals surface area (Å²) in [5.41, 5.74) is 1.02. The second kappa shape index (κ2) is 8.97. The summed E-state index contributed by atoms with van der Waals surface area (Å²) in [6, 6.07) is 5.10. The minimum atomic E-state index is -1.02. The monoisotopic (exact) mass is 533 g/mol. The van der Waals surface area contributed by atoms with Gasteiger partial charge in [-0.2, -0.15) is 0 Å². The van der Waals surface area contributed by atoms with Gasteiger partial charge in [0.15, 0.2) is 11.6 Å². The fraction of sp³-hybridized carbons (Fsp3) is 0.536. The van der Waals surface area contributed by atoms with Gasteiger partial charge in [-0.15, -0.1) is 10.2 Å². The number of ether oxygens (including phenoxy) is 2. The number of hydrogen-bond donors (Lipinski definition) is 2. The van der Waals surface area contributed by atoms with Crippen molar-refractivity contribution in [2.75, 3.05) is 18.1 Å². The molecule has 39 heavy (non-hydrogen) atoms. The fourth-order valence-corrected chi connectivity index (χ4v) is 6.59. The Labute approximate surface area is 226 Å². The molecule has 11 heteroatoms. The van der Waals surface area contributed by atoms with Crippen molar-refractivity contribution in [3.8, 4) is 40.2 Å². The van der Waals surface area contributed by atoms with Crippen LogP contribution in [0.1, 0.15) is 52.4 Å². The molecule has 0 radical (unpaired) electrons. The van der Waals surface area contributed by atoms with E-state index in [1.807, 2.05) is 13.0 Å². The van der Waals surface area contributed by atoms with Crippen molar-refractivity contribution >= 4 is 5.82 Å². The maximum absolute atomic E-state index is 16.0. The molecule has 5 heterocycles. The molecule has 3 fully saturated rings. The Morgan fingerprint density at radius 1 is 1.05 bits per heavy atom. The molecule has 0 unspecified atom stereocenters. The molecule has 2 N–H and O–H groups in total. The Bertz CT molecular complexity index is 1400. The Hall–Kier alpha value is -3.60. The minimum Gasteiger partial charge on any atom is -0.507 e.